The number of aromatic amines is 1. The number of aliphatic hydroxyl groups excluding tert-OH is 1. The minimum absolute atomic E-state index is 0.161. The summed E-state index contributed by atoms with van der Waals surface area (Å²) in [4.78, 5) is 33.9. The number of carbonyl (C=O) groups is 1. The third kappa shape index (κ3) is 4.01. The summed E-state index contributed by atoms with van der Waals surface area (Å²) in [6, 6.07) is 1.78. The van der Waals surface area contributed by atoms with Crippen LogP contribution >= 0.6 is 0 Å². The van der Waals surface area contributed by atoms with E-state index in [-0.39, 0.29) is 30.4 Å². The normalized spacial score (nSPS) is 20.1. The third-order valence-corrected chi connectivity index (χ3v) is 5.22. The molecule has 164 valence electrons. The fourth-order valence-electron chi connectivity index (χ4n) is 3.67. The van der Waals surface area contributed by atoms with Crippen molar-refractivity contribution in [1.29, 1.82) is 0 Å². The summed E-state index contributed by atoms with van der Waals surface area (Å²) in [6.45, 7) is 3.98. The van der Waals surface area contributed by atoms with E-state index in [4.69, 9.17) is 4.74 Å². The van der Waals surface area contributed by atoms with Crippen LogP contribution in [0.1, 0.15) is 35.8 Å². The smallest absolute Gasteiger partial charge is 0.257 e. The summed E-state index contributed by atoms with van der Waals surface area (Å²) >= 11 is 0. The lowest BCUT2D eigenvalue weighted by Crippen LogP contribution is -2.48. The van der Waals surface area contributed by atoms with E-state index in [9.17, 15) is 19.1 Å². The summed E-state index contributed by atoms with van der Waals surface area (Å²) in [5.74, 6) is -0.458. The van der Waals surface area contributed by atoms with Crippen LogP contribution in [0.15, 0.2) is 35.5 Å². The zero-order valence-electron chi connectivity index (χ0n) is 17.1. The second kappa shape index (κ2) is 8.44. The molecule has 3 N–H and O–H groups in total. The fourth-order valence-corrected chi connectivity index (χ4v) is 3.67. The van der Waals surface area contributed by atoms with Crippen LogP contribution < -0.4 is 15.8 Å². The minimum atomic E-state index is -0.562. The van der Waals surface area contributed by atoms with E-state index in [2.05, 4.69) is 20.4 Å². The Morgan fingerprint density at radius 2 is 2.29 bits per heavy atom. The van der Waals surface area contributed by atoms with Crippen molar-refractivity contribution in [3.8, 4) is 0 Å². The quantitative estimate of drug-likeness (QED) is 0.542. The van der Waals surface area contributed by atoms with Gasteiger partial charge in [0, 0.05) is 24.0 Å². The number of pyridine rings is 1. The zero-order valence-corrected chi connectivity index (χ0v) is 17.1. The van der Waals surface area contributed by atoms with Gasteiger partial charge in [0.05, 0.1) is 38.1 Å². The summed E-state index contributed by atoms with van der Waals surface area (Å²) in [5.41, 5.74) is 0.406. The lowest BCUT2D eigenvalue weighted by Gasteiger charge is -2.41. The maximum Gasteiger partial charge on any atom is 0.257 e. The number of amides is 1. The number of ether oxygens (including phenoxy) is 1. The highest BCUT2D eigenvalue weighted by atomic mass is 19.1. The Kier molecular flexibility index (Phi) is 5.70. The van der Waals surface area contributed by atoms with Crippen molar-refractivity contribution in [2.24, 2.45) is 0 Å². The third-order valence-electron chi connectivity index (χ3n) is 5.22. The number of rotatable bonds is 5. The number of carbonyl (C=O) groups excluding carboxylic acids is 1. The van der Waals surface area contributed by atoms with Gasteiger partial charge in [0.2, 0.25) is 0 Å². The van der Waals surface area contributed by atoms with Gasteiger partial charge in [0.15, 0.2) is 5.65 Å². The molecule has 0 unspecified atom stereocenters. The summed E-state index contributed by atoms with van der Waals surface area (Å²) < 4.78 is 21.0. The highest BCUT2D eigenvalue weighted by molar-refractivity contribution is 5.99. The van der Waals surface area contributed by atoms with Crippen LogP contribution in [-0.4, -0.2) is 62.5 Å². The molecule has 0 spiro atoms. The van der Waals surface area contributed by atoms with Crippen molar-refractivity contribution in [1.82, 2.24) is 24.9 Å². The molecule has 3 aromatic rings. The predicted octanol–water partition coefficient (Wildman–Crippen LogP) is 0.634. The highest BCUT2D eigenvalue weighted by Gasteiger charge is 2.33. The van der Waals surface area contributed by atoms with E-state index < -0.39 is 29.4 Å². The molecule has 3 atom stereocenters. The molecule has 4 heterocycles. The van der Waals surface area contributed by atoms with Crippen molar-refractivity contribution in [2.75, 3.05) is 24.7 Å². The molecule has 4 rings (SSSR count). The molecule has 1 aliphatic rings. The first kappa shape index (κ1) is 20.9. The number of nitrogens with one attached hydrogen (secondary N) is 2. The number of aliphatic hydroxyl groups is 1. The van der Waals surface area contributed by atoms with Gasteiger partial charge in [-0.25, -0.2) is 13.9 Å². The average molecular weight is 430 g/mol. The van der Waals surface area contributed by atoms with E-state index >= 15 is 0 Å². The number of nitrogens with zero attached hydrogens (tertiary/aromatic N) is 4. The second-order valence-corrected chi connectivity index (χ2v) is 7.58. The number of aromatic nitrogens is 4. The van der Waals surface area contributed by atoms with Crippen LogP contribution in [0.4, 0.5) is 10.2 Å². The van der Waals surface area contributed by atoms with Crippen molar-refractivity contribution in [3.05, 3.63) is 58.0 Å². The van der Waals surface area contributed by atoms with Crippen LogP contribution in [0.3, 0.4) is 0 Å². The molecule has 0 aliphatic carbocycles. The van der Waals surface area contributed by atoms with E-state index in [1.54, 1.807) is 19.2 Å². The van der Waals surface area contributed by atoms with E-state index in [0.29, 0.717) is 18.1 Å². The average Bonchev–Trinajstić information content (AvgIpc) is 3.18. The predicted molar refractivity (Wildman–Crippen MR) is 110 cm³/mol. The summed E-state index contributed by atoms with van der Waals surface area (Å²) in [5, 5.41) is 16.0. The molecule has 3 aromatic heterocycles. The number of halogens is 1. The molecule has 0 radical (unpaired) electrons. The van der Waals surface area contributed by atoms with Crippen molar-refractivity contribution in [3.63, 3.8) is 0 Å². The number of anilines is 1. The standard InChI is InChI=1S/C20H23FN6O4/c1-11(8-28)24-20(30)15-7-23-26-4-3-17(25-18(15)26)27-12(2)9-31-10-16(27)14-5-13(21)6-22-19(14)29/h3-7,11-12,16,28H,8-10H2,1-2H3,(H,22,29)(H,24,30)/t11-,12-,16-/m1/s1. The first-order valence-corrected chi connectivity index (χ1v) is 9.89. The highest BCUT2D eigenvalue weighted by Crippen LogP contribution is 2.31. The Hall–Kier alpha value is -3.31. The monoisotopic (exact) mass is 430 g/mol. The SMILES string of the molecule is C[C@H](CO)NC(=O)c1cnn2ccc(N3[C@H](C)COC[C@@H]3c3cc(F)c[nH]c3=O)nc12. The van der Waals surface area contributed by atoms with E-state index in [0.717, 1.165) is 6.20 Å². The second-order valence-electron chi connectivity index (χ2n) is 7.58. The lowest BCUT2D eigenvalue weighted by atomic mass is 10.0. The number of morpholine rings is 1. The first-order valence-electron chi connectivity index (χ1n) is 9.89. The first-order chi connectivity index (χ1) is 14.9. The molecule has 1 saturated heterocycles. The van der Waals surface area contributed by atoms with Gasteiger partial charge in [-0.15, -0.1) is 0 Å². The molecule has 0 aromatic carbocycles. The molecule has 0 saturated carbocycles. The number of hydrogen-bond donors (Lipinski definition) is 3. The zero-order chi connectivity index (χ0) is 22.1. The Labute approximate surface area is 176 Å². The molecule has 11 heteroatoms. The Morgan fingerprint density at radius 3 is 3.06 bits per heavy atom. The molecule has 1 aliphatic heterocycles. The number of fused-ring (bicyclic) bond motifs is 1. The molecular weight excluding hydrogens is 407 g/mol. The van der Waals surface area contributed by atoms with Crippen LogP contribution in [0.5, 0.6) is 0 Å². The molecule has 0 bridgehead atoms. The van der Waals surface area contributed by atoms with Gasteiger partial charge in [-0.2, -0.15) is 5.10 Å². The number of H-pyrrole nitrogens is 1. The topological polar surface area (TPSA) is 125 Å². The molecule has 31 heavy (non-hydrogen) atoms. The van der Waals surface area contributed by atoms with Crippen molar-refractivity contribution < 1.29 is 19.0 Å². The van der Waals surface area contributed by atoms with Crippen LogP contribution in [0, 0.1) is 5.82 Å². The van der Waals surface area contributed by atoms with Gasteiger partial charge in [-0.3, -0.25) is 9.59 Å². The van der Waals surface area contributed by atoms with E-state index in [1.165, 1.54) is 16.8 Å². The molecule has 10 nitrogen and oxygen atoms in total. The van der Waals surface area contributed by atoms with Crippen LogP contribution in [0.2, 0.25) is 0 Å². The summed E-state index contributed by atoms with van der Waals surface area (Å²) in [7, 11) is 0. The maximum atomic E-state index is 13.9. The van der Waals surface area contributed by atoms with Gasteiger partial charge in [-0.1, -0.05) is 0 Å². The van der Waals surface area contributed by atoms with Gasteiger partial charge in [0.25, 0.3) is 11.5 Å². The van der Waals surface area contributed by atoms with Crippen LogP contribution in [0.25, 0.3) is 5.65 Å². The van der Waals surface area contributed by atoms with Gasteiger partial charge < -0.3 is 25.0 Å². The Balaban J connectivity index is 1.76. The van der Waals surface area contributed by atoms with Gasteiger partial charge >= 0.3 is 0 Å². The molecule has 1 fully saturated rings. The van der Waals surface area contributed by atoms with Gasteiger partial charge in [0.1, 0.15) is 17.2 Å². The number of hydrogen-bond acceptors (Lipinski definition) is 7. The Morgan fingerprint density at radius 1 is 1.48 bits per heavy atom. The largest absolute Gasteiger partial charge is 0.394 e. The molecule has 1 amide bonds. The summed E-state index contributed by atoms with van der Waals surface area (Å²) in [6.07, 6.45) is 4.08. The van der Waals surface area contributed by atoms with Crippen molar-refractivity contribution >= 4 is 17.4 Å². The Bertz CT molecular complexity index is 1160. The van der Waals surface area contributed by atoms with Crippen LogP contribution in [-0.2, 0) is 4.74 Å². The minimum Gasteiger partial charge on any atom is -0.394 e. The molecular formula is C20H23FN6O4. The lowest BCUT2D eigenvalue weighted by molar-refractivity contribution is 0.0699. The maximum absolute atomic E-state index is 13.9. The van der Waals surface area contributed by atoms with Crippen molar-refractivity contribution in [2.45, 2.75) is 32.0 Å². The van der Waals surface area contributed by atoms with E-state index in [1.807, 2.05) is 11.8 Å². The van der Waals surface area contributed by atoms with Gasteiger partial charge in [-0.05, 0) is 26.0 Å². The fraction of sp³-hybridized carbons (Fsp3) is 0.400.